The van der Waals surface area contributed by atoms with E-state index in [1.165, 1.54) is 11.0 Å². The third-order valence-electron chi connectivity index (χ3n) is 2.81. The van der Waals surface area contributed by atoms with Gasteiger partial charge in [-0.25, -0.2) is 0 Å². The van der Waals surface area contributed by atoms with Crippen molar-refractivity contribution >= 4 is 33.2 Å². The molecule has 0 aliphatic rings. The molecule has 1 N–H and O–H groups in total. The summed E-state index contributed by atoms with van der Waals surface area (Å²) in [6, 6.07) is 11.4. The molecule has 0 spiro atoms. The number of amides is 1. The molecule has 1 amide bonds. The van der Waals surface area contributed by atoms with Crippen molar-refractivity contribution in [3.63, 3.8) is 0 Å². The van der Waals surface area contributed by atoms with Crippen molar-refractivity contribution in [3.05, 3.63) is 63.0 Å². The zero-order chi connectivity index (χ0) is 14.7. The first-order valence-electron chi connectivity index (χ1n) is 6.22. The molecule has 2 heterocycles. The molecule has 0 fully saturated rings. The second-order valence-electron chi connectivity index (χ2n) is 4.23. The molecular formula is C14H11BrN4OS. The third-order valence-corrected chi connectivity index (χ3v) is 4.74. The Kier molecular flexibility index (Phi) is 4.12. The molecule has 0 saturated carbocycles. The molecule has 3 aromatic rings. The number of benzene rings is 1. The summed E-state index contributed by atoms with van der Waals surface area (Å²) in [5.41, 5.74) is 1.11. The van der Waals surface area contributed by atoms with Crippen LogP contribution in [0.3, 0.4) is 0 Å². The van der Waals surface area contributed by atoms with Crippen molar-refractivity contribution in [2.24, 2.45) is 0 Å². The monoisotopic (exact) mass is 362 g/mol. The van der Waals surface area contributed by atoms with Crippen LogP contribution in [-0.2, 0) is 6.54 Å². The van der Waals surface area contributed by atoms with Gasteiger partial charge in [-0.3, -0.25) is 4.79 Å². The Labute approximate surface area is 133 Å². The summed E-state index contributed by atoms with van der Waals surface area (Å²) in [6.07, 6.45) is 1.46. The second kappa shape index (κ2) is 6.19. The fourth-order valence-electron chi connectivity index (χ4n) is 1.76. The number of halogens is 1. The summed E-state index contributed by atoms with van der Waals surface area (Å²) in [5.74, 6) is -0.238. The van der Waals surface area contributed by atoms with E-state index >= 15 is 0 Å². The molecule has 0 unspecified atom stereocenters. The van der Waals surface area contributed by atoms with Crippen LogP contribution in [-0.4, -0.2) is 20.9 Å². The Balaban J connectivity index is 1.69. The van der Waals surface area contributed by atoms with Crippen molar-refractivity contribution in [2.75, 3.05) is 0 Å². The summed E-state index contributed by atoms with van der Waals surface area (Å²) < 4.78 is 1.00. The standard InChI is InChI=1S/C14H11BrN4OS/c15-11-6-7-21-13(11)9-16-14(20)12-8-17-19(18-12)10-4-2-1-3-5-10/h1-8H,9H2,(H,16,20). The van der Waals surface area contributed by atoms with E-state index in [1.54, 1.807) is 11.3 Å². The zero-order valence-corrected chi connectivity index (χ0v) is 13.3. The maximum Gasteiger partial charge on any atom is 0.273 e. The smallest absolute Gasteiger partial charge is 0.273 e. The van der Waals surface area contributed by atoms with E-state index in [1.807, 2.05) is 41.8 Å². The second-order valence-corrected chi connectivity index (χ2v) is 6.08. The highest BCUT2D eigenvalue weighted by Crippen LogP contribution is 2.22. The van der Waals surface area contributed by atoms with E-state index in [-0.39, 0.29) is 5.91 Å². The van der Waals surface area contributed by atoms with Crippen LogP contribution in [0.25, 0.3) is 5.69 Å². The highest BCUT2D eigenvalue weighted by atomic mass is 79.9. The van der Waals surface area contributed by atoms with Crippen molar-refractivity contribution in [1.29, 1.82) is 0 Å². The van der Waals surface area contributed by atoms with E-state index < -0.39 is 0 Å². The normalized spacial score (nSPS) is 10.5. The maximum absolute atomic E-state index is 12.1. The molecule has 0 saturated heterocycles. The van der Waals surface area contributed by atoms with Gasteiger partial charge in [0.2, 0.25) is 0 Å². The van der Waals surface area contributed by atoms with E-state index in [0.29, 0.717) is 12.2 Å². The Hall–Kier alpha value is -1.99. The van der Waals surface area contributed by atoms with Gasteiger partial charge in [0.1, 0.15) is 0 Å². The minimum absolute atomic E-state index is 0.238. The molecule has 106 valence electrons. The van der Waals surface area contributed by atoms with Gasteiger partial charge in [-0.15, -0.1) is 16.4 Å². The van der Waals surface area contributed by atoms with Gasteiger partial charge in [0.25, 0.3) is 5.91 Å². The minimum atomic E-state index is -0.238. The van der Waals surface area contributed by atoms with Gasteiger partial charge in [0, 0.05) is 9.35 Å². The predicted octanol–water partition coefficient (Wildman–Crippen LogP) is 3.02. The van der Waals surface area contributed by atoms with Crippen LogP contribution in [0.4, 0.5) is 0 Å². The SMILES string of the molecule is O=C(NCc1sccc1Br)c1cnn(-c2ccccc2)n1. The van der Waals surface area contributed by atoms with Crippen LogP contribution in [0.1, 0.15) is 15.4 Å². The van der Waals surface area contributed by atoms with Gasteiger partial charge in [-0.2, -0.15) is 9.90 Å². The highest BCUT2D eigenvalue weighted by Gasteiger charge is 2.12. The lowest BCUT2D eigenvalue weighted by Gasteiger charge is -2.01. The van der Waals surface area contributed by atoms with E-state index in [4.69, 9.17) is 0 Å². The molecule has 0 radical (unpaired) electrons. The predicted molar refractivity (Wildman–Crippen MR) is 84.5 cm³/mol. The molecule has 7 heteroatoms. The van der Waals surface area contributed by atoms with Crippen LogP contribution in [0.2, 0.25) is 0 Å². The molecule has 21 heavy (non-hydrogen) atoms. The number of rotatable bonds is 4. The molecule has 0 atom stereocenters. The van der Waals surface area contributed by atoms with Crippen molar-refractivity contribution in [1.82, 2.24) is 20.3 Å². The van der Waals surface area contributed by atoms with Crippen molar-refractivity contribution in [2.45, 2.75) is 6.54 Å². The third kappa shape index (κ3) is 3.20. The average Bonchev–Trinajstić information content (AvgIpc) is 3.15. The van der Waals surface area contributed by atoms with Gasteiger partial charge in [0.15, 0.2) is 5.69 Å². The lowest BCUT2D eigenvalue weighted by atomic mass is 10.3. The first-order valence-corrected chi connectivity index (χ1v) is 7.89. The molecule has 0 bridgehead atoms. The number of carbonyl (C=O) groups is 1. The fourth-order valence-corrected chi connectivity index (χ4v) is 3.19. The highest BCUT2D eigenvalue weighted by molar-refractivity contribution is 9.10. The largest absolute Gasteiger partial charge is 0.346 e. The van der Waals surface area contributed by atoms with Crippen LogP contribution >= 0.6 is 27.3 Å². The number of nitrogens with one attached hydrogen (secondary N) is 1. The molecule has 0 aliphatic carbocycles. The Bertz CT molecular complexity index is 753. The lowest BCUT2D eigenvalue weighted by Crippen LogP contribution is -2.23. The first kappa shape index (κ1) is 14.0. The molecule has 5 nitrogen and oxygen atoms in total. The van der Waals surface area contributed by atoms with Crippen LogP contribution in [0.15, 0.2) is 52.4 Å². The quantitative estimate of drug-likeness (QED) is 0.775. The number of aromatic nitrogens is 3. The summed E-state index contributed by atoms with van der Waals surface area (Å²) in [7, 11) is 0. The van der Waals surface area contributed by atoms with Crippen LogP contribution in [0.5, 0.6) is 0 Å². The summed E-state index contributed by atoms with van der Waals surface area (Å²) >= 11 is 5.02. The molecule has 0 aliphatic heterocycles. The van der Waals surface area contributed by atoms with Gasteiger partial charge < -0.3 is 5.32 Å². The topological polar surface area (TPSA) is 59.8 Å². The number of carbonyl (C=O) groups excluding carboxylic acids is 1. The van der Waals surface area contributed by atoms with Crippen LogP contribution < -0.4 is 5.32 Å². The first-order chi connectivity index (χ1) is 10.2. The summed E-state index contributed by atoms with van der Waals surface area (Å²) in [6.45, 7) is 0.468. The number of hydrogen-bond acceptors (Lipinski definition) is 4. The molecule has 2 aromatic heterocycles. The number of nitrogens with zero attached hydrogens (tertiary/aromatic N) is 3. The van der Waals surface area contributed by atoms with Gasteiger partial charge in [0.05, 0.1) is 18.4 Å². The molecule has 3 rings (SSSR count). The number of hydrogen-bond donors (Lipinski definition) is 1. The van der Waals surface area contributed by atoms with Gasteiger partial charge in [-0.05, 0) is 39.5 Å². The van der Waals surface area contributed by atoms with Gasteiger partial charge in [-0.1, -0.05) is 18.2 Å². The summed E-state index contributed by atoms with van der Waals surface area (Å²) in [4.78, 5) is 14.6. The Morgan fingerprint density at radius 2 is 2.10 bits per heavy atom. The van der Waals surface area contributed by atoms with E-state index in [9.17, 15) is 4.79 Å². The average molecular weight is 363 g/mol. The molecule has 1 aromatic carbocycles. The maximum atomic E-state index is 12.1. The Morgan fingerprint density at radius 1 is 1.29 bits per heavy atom. The van der Waals surface area contributed by atoms with E-state index in [2.05, 4.69) is 31.4 Å². The lowest BCUT2D eigenvalue weighted by molar-refractivity contribution is 0.0946. The molecular weight excluding hydrogens is 352 g/mol. The Morgan fingerprint density at radius 3 is 2.81 bits per heavy atom. The number of thiophene rings is 1. The van der Waals surface area contributed by atoms with E-state index in [0.717, 1.165) is 15.0 Å². The fraction of sp³-hybridized carbons (Fsp3) is 0.0714. The minimum Gasteiger partial charge on any atom is -0.346 e. The van der Waals surface area contributed by atoms with Crippen molar-refractivity contribution < 1.29 is 4.79 Å². The van der Waals surface area contributed by atoms with Gasteiger partial charge >= 0.3 is 0 Å². The van der Waals surface area contributed by atoms with Crippen molar-refractivity contribution in [3.8, 4) is 5.69 Å². The zero-order valence-electron chi connectivity index (χ0n) is 10.9. The van der Waals surface area contributed by atoms with Crippen LogP contribution in [0, 0.1) is 0 Å². The summed E-state index contributed by atoms with van der Waals surface area (Å²) in [5, 5.41) is 13.1. The number of para-hydroxylation sites is 1.